The van der Waals surface area contributed by atoms with Crippen LogP contribution >= 0.6 is 0 Å². The molecular weight excluding hydrogens is 272 g/mol. The van der Waals surface area contributed by atoms with Crippen LogP contribution in [0.1, 0.15) is 53.1 Å². The molecule has 0 aliphatic heterocycles. The van der Waals surface area contributed by atoms with Crippen molar-refractivity contribution >= 4 is 0 Å². The van der Waals surface area contributed by atoms with Gasteiger partial charge in [0.15, 0.2) is 0 Å². The summed E-state index contributed by atoms with van der Waals surface area (Å²) in [6.45, 7) is 12.1. The molecule has 0 unspecified atom stereocenters. The van der Waals surface area contributed by atoms with Crippen LogP contribution in [0.25, 0.3) is 0 Å². The number of aromatic hydroxyl groups is 2. The van der Waals surface area contributed by atoms with E-state index >= 15 is 0 Å². The van der Waals surface area contributed by atoms with Crippen molar-refractivity contribution in [2.45, 2.75) is 47.5 Å². The summed E-state index contributed by atoms with van der Waals surface area (Å²) in [6, 6.07) is 7.97. The molecule has 0 fully saturated rings. The maximum Gasteiger partial charge on any atom is 0.122 e. The second kappa shape index (κ2) is 6.04. The molecule has 0 heterocycles. The highest BCUT2D eigenvalue weighted by Crippen LogP contribution is 2.45. The van der Waals surface area contributed by atoms with Crippen molar-refractivity contribution in [1.29, 1.82) is 0 Å². The van der Waals surface area contributed by atoms with Crippen LogP contribution in [0.2, 0.25) is 0 Å². The molecule has 2 heteroatoms. The third-order valence-corrected chi connectivity index (χ3v) is 4.56. The normalized spacial score (nSPS) is 11.5. The van der Waals surface area contributed by atoms with E-state index in [1.165, 1.54) is 0 Å². The van der Waals surface area contributed by atoms with Gasteiger partial charge in [-0.05, 0) is 55.9 Å². The fraction of sp³-hybridized carbons (Fsp3) is 0.400. The predicted octanol–water partition coefficient (Wildman–Crippen LogP) is 5.12. The number of phenolic OH excluding ortho intramolecular Hbond substituents is 2. The van der Waals surface area contributed by atoms with E-state index in [1.54, 1.807) is 0 Å². The quantitative estimate of drug-likeness (QED) is 0.825. The Kier molecular flexibility index (Phi) is 4.50. The molecule has 0 aromatic heterocycles. The Morgan fingerprint density at radius 2 is 0.955 bits per heavy atom. The SMILES string of the molecule is Cc1ccc(C)c(C(c2c(C)ccc(C)c2O)C(C)C)c1O. The molecule has 0 aliphatic rings. The lowest BCUT2D eigenvalue weighted by Crippen LogP contribution is -2.13. The van der Waals surface area contributed by atoms with E-state index in [1.807, 2.05) is 52.0 Å². The fourth-order valence-electron chi connectivity index (χ4n) is 3.23. The summed E-state index contributed by atoms with van der Waals surface area (Å²) in [7, 11) is 0. The molecule has 0 saturated carbocycles. The molecule has 0 aliphatic carbocycles. The second-order valence-corrected chi connectivity index (χ2v) is 6.64. The van der Waals surface area contributed by atoms with Crippen molar-refractivity contribution < 1.29 is 10.2 Å². The molecule has 0 bridgehead atoms. The van der Waals surface area contributed by atoms with Crippen molar-refractivity contribution in [2.24, 2.45) is 5.92 Å². The minimum atomic E-state index is -0.0280. The third kappa shape index (κ3) is 2.70. The van der Waals surface area contributed by atoms with E-state index in [0.717, 1.165) is 33.4 Å². The minimum Gasteiger partial charge on any atom is -0.507 e. The zero-order valence-corrected chi connectivity index (χ0v) is 14.4. The highest BCUT2D eigenvalue weighted by Gasteiger charge is 2.28. The Bertz CT molecular complexity index is 642. The summed E-state index contributed by atoms with van der Waals surface area (Å²) in [5.41, 5.74) is 5.72. The Morgan fingerprint density at radius 1 is 0.636 bits per heavy atom. The molecule has 0 radical (unpaired) electrons. The molecule has 2 rings (SSSR count). The Balaban J connectivity index is 2.79. The van der Waals surface area contributed by atoms with Gasteiger partial charge < -0.3 is 10.2 Å². The van der Waals surface area contributed by atoms with Gasteiger partial charge in [0.25, 0.3) is 0 Å². The first-order valence-electron chi connectivity index (χ1n) is 7.83. The summed E-state index contributed by atoms with van der Waals surface area (Å²) >= 11 is 0. The predicted molar refractivity (Wildman–Crippen MR) is 91.8 cm³/mol. The molecule has 2 aromatic rings. The first-order chi connectivity index (χ1) is 10.3. The van der Waals surface area contributed by atoms with E-state index in [-0.39, 0.29) is 11.8 Å². The van der Waals surface area contributed by atoms with Gasteiger partial charge in [-0.1, -0.05) is 38.1 Å². The van der Waals surface area contributed by atoms with E-state index in [9.17, 15) is 10.2 Å². The van der Waals surface area contributed by atoms with Gasteiger partial charge in [-0.3, -0.25) is 0 Å². The van der Waals surface area contributed by atoms with Gasteiger partial charge in [-0.25, -0.2) is 0 Å². The number of hydrogen-bond donors (Lipinski definition) is 2. The molecule has 0 amide bonds. The Labute approximate surface area is 133 Å². The highest BCUT2D eigenvalue weighted by atomic mass is 16.3. The number of phenols is 2. The monoisotopic (exact) mass is 298 g/mol. The first kappa shape index (κ1) is 16.4. The molecule has 22 heavy (non-hydrogen) atoms. The molecule has 2 N–H and O–H groups in total. The average Bonchev–Trinajstić information content (AvgIpc) is 2.45. The summed E-state index contributed by atoms with van der Waals surface area (Å²) in [5.74, 6) is 0.926. The van der Waals surface area contributed by atoms with Gasteiger partial charge in [0.2, 0.25) is 0 Å². The zero-order valence-electron chi connectivity index (χ0n) is 14.4. The van der Waals surface area contributed by atoms with Crippen LogP contribution in [0.5, 0.6) is 11.5 Å². The lowest BCUT2D eigenvalue weighted by molar-refractivity contribution is 0.429. The van der Waals surface area contributed by atoms with Crippen LogP contribution in [0.15, 0.2) is 24.3 Å². The Morgan fingerprint density at radius 3 is 1.27 bits per heavy atom. The minimum absolute atomic E-state index is 0.0280. The average molecular weight is 298 g/mol. The summed E-state index contributed by atoms with van der Waals surface area (Å²) in [4.78, 5) is 0. The lowest BCUT2D eigenvalue weighted by atomic mass is 9.77. The van der Waals surface area contributed by atoms with Crippen molar-refractivity contribution in [2.75, 3.05) is 0 Å². The van der Waals surface area contributed by atoms with Crippen molar-refractivity contribution in [3.05, 3.63) is 57.6 Å². The van der Waals surface area contributed by atoms with Crippen LogP contribution in [-0.4, -0.2) is 10.2 Å². The van der Waals surface area contributed by atoms with Gasteiger partial charge in [0.1, 0.15) is 11.5 Å². The van der Waals surface area contributed by atoms with Gasteiger partial charge >= 0.3 is 0 Å². The van der Waals surface area contributed by atoms with Crippen LogP contribution in [0.4, 0.5) is 0 Å². The second-order valence-electron chi connectivity index (χ2n) is 6.64. The standard InChI is InChI=1S/C20H26O2/c1-11(2)16(17-12(3)7-9-14(5)19(17)21)18-13(4)8-10-15(6)20(18)22/h7-11,16,21-22H,1-6H3. The first-order valence-corrected chi connectivity index (χ1v) is 7.83. The zero-order chi connectivity index (χ0) is 16.6. The van der Waals surface area contributed by atoms with E-state index in [4.69, 9.17) is 0 Å². The van der Waals surface area contributed by atoms with E-state index in [0.29, 0.717) is 11.5 Å². The number of aryl methyl sites for hydroxylation is 4. The van der Waals surface area contributed by atoms with Crippen LogP contribution in [0.3, 0.4) is 0 Å². The van der Waals surface area contributed by atoms with E-state index in [2.05, 4.69) is 13.8 Å². The van der Waals surface area contributed by atoms with Crippen molar-refractivity contribution in [3.63, 3.8) is 0 Å². The smallest absolute Gasteiger partial charge is 0.122 e. The third-order valence-electron chi connectivity index (χ3n) is 4.56. The largest absolute Gasteiger partial charge is 0.507 e. The molecule has 0 atom stereocenters. The summed E-state index contributed by atoms with van der Waals surface area (Å²) < 4.78 is 0. The number of benzene rings is 2. The molecule has 2 aromatic carbocycles. The lowest BCUT2D eigenvalue weighted by Gasteiger charge is -2.28. The molecule has 118 valence electrons. The van der Waals surface area contributed by atoms with Crippen molar-refractivity contribution in [3.8, 4) is 11.5 Å². The highest BCUT2D eigenvalue weighted by molar-refractivity contribution is 5.56. The van der Waals surface area contributed by atoms with Gasteiger partial charge in [-0.2, -0.15) is 0 Å². The molecule has 2 nitrogen and oxygen atoms in total. The molecular formula is C20H26O2. The van der Waals surface area contributed by atoms with Gasteiger partial charge in [0, 0.05) is 17.0 Å². The van der Waals surface area contributed by atoms with Crippen LogP contribution in [0, 0.1) is 33.6 Å². The maximum atomic E-state index is 10.6. The van der Waals surface area contributed by atoms with Crippen molar-refractivity contribution in [1.82, 2.24) is 0 Å². The van der Waals surface area contributed by atoms with Gasteiger partial charge in [-0.15, -0.1) is 0 Å². The topological polar surface area (TPSA) is 40.5 Å². The Hall–Kier alpha value is -1.96. The van der Waals surface area contributed by atoms with Gasteiger partial charge in [0.05, 0.1) is 0 Å². The summed E-state index contributed by atoms with van der Waals surface area (Å²) in [6.07, 6.45) is 0. The summed E-state index contributed by atoms with van der Waals surface area (Å²) in [5, 5.41) is 21.3. The number of hydrogen-bond acceptors (Lipinski definition) is 2. The van der Waals surface area contributed by atoms with Crippen LogP contribution in [-0.2, 0) is 0 Å². The maximum absolute atomic E-state index is 10.6. The van der Waals surface area contributed by atoms with E-state index < -0.39 is 0 Å². The molecule has 0 spiro atoms. The van der Waals surface area contributed by atoms with Crippen LogP contribution < -0.4 is 0 Å². The molecule has 0 saturated heterocycles. The number of rotatable bonds is 3. The fourth-order valence-corrected chi connectivity index (χ4v) is 3.23.